The molecule has 33 heavy (non-hydrogen) atoms. The van der Waals surface area contributed by atoms with Crippen molar-refractivity contribution < 1.29 is 18.7 Å². The molecule has 2 heterocycles. The van der Waals surface area contributed by atoms with Crippen LogP contribution >= 0.6 is 0 Å². The Morgan fingerprint density at radius 2 is 1.76 bits per heavy atom. The van der Waals surface area contributed by atoms with E-state index < -0.39 is 5.60 Å². The monoisotopic (exact) mass is 447 g/mol. The number of ether oxygens (including phenoxy) is 1. The van der Waals surface area contributed by atoms with Crippen molar-refractivity contribution in [3.63, 3.8) is 0 Å². The van der Waals surface area contributed by atoms with Gasteiger partial charge in [0.05, 0.1) is 19.6 Å². The maximum Gasteiger partial charge on any atom is 0.254 e. The Kier molecular flexibility index (Phi) is 6.79. The number of carbonyl (C=O) groups is 2. The fraction of sp³-hybridized carbons (Fsp3) is 0.269. The summed E-state index contributed by atoms with van der Waals surface area (Å²) < 4.78 is 19.2. The van der Waals surface area contributed by atoms with Crippen LogP contribution in [0.3, 0.4) is 0 Å². The molecule has 3 aromatic rings. The molecule has 1 fully saturated rings. The summed E-state index contributed by atoms with van der Waals surface area (Å²) in [5.74, 6) is -0.602. The molecule has 1 atom stereocenters. The van der Waals surface area contributed by atoms with E-state index in [0.29, 0.717) is 13.0 Å². The summed E-state index contributed by atoms with van der Waals surface area (Å²) in [6, 6.07) is 17.7. The van der Waals surface area contributed by atoms with Crippen molar-refractivity contribution in [1.29, 1.82) is 0 Å². The lowest BCUT2D eigenvalue weighted by Gasteiger charge is -2.41. The average molecular weight is 448 g/mol. The molecule has 0 spiro atoms. The molecule has 1 aromatic heterocycles. The molecular formula is C26H26FN3O3. The summed E-state index contributed by atoms with van der Waals surface area (Å²) in [6.45, 7) is 0.882. The molecule has 0 radical (unpaired) electrons. The summed E-state index contributed by atoms with van der Waals surface area (Å²) in [7, 11) is 1.57. The van der Waals surface area contributed by atoms with Crippen LogP contribution in [0.2, 0.25) is 0 Å². The highest BCUT2D eigenvalue weighted by molar-refractivity contribution is 5.87. The van der Waals surface area contributed by atoms with Crippen LogP contribution in [-0.4, -0.2) is 54.0 Å². The molecule has 1 aliphatic heterocycles. The number of halogens is 1. The summed E-state index contributed by atoms with van der Waals surface area (Å²) in [5.41, 5.74) is 2.42. The van der Waals surface area contributed by atoms with E-state index in [1.54, 1.807) is 42.5 Å². The van der Waals surface area contributed by atoms with Crippen molar-refractivity contribution in [2.24, 2.45) is 0 Å². The van der Waals surface area contributed by atoms with Crippen LogP contribution in [0.5, 0.6) is 0 Å². The third kappa shape index (κ3) is 5.26. The first-order valence-corrected chi connectivity index (χ1v) is 10.9. The number of nitrogens with one attached hydrogen (secondary N) is 1. The molecular weight excluding hydrogens is 421 g/mol. The highest BCUT2D eigenvalue weighted by Gasteiger charge is 2.44. The van der Waals surface area contributed by atoms with Gasteiger partial charge in [0, 0.05) is 32.4 Å². The number of pyridine rings is 1. The van der Waals surface area contributed by atoms with E-state index in [9.17, 15) is 14.0 Å². The molecule has 1 saturated heterocycles. The molecule has 6 nitrogen and oxygen atoms in total. The molecule has 2 aromatic carbocycles. The second kappa shape index (κ2) is 9.92. The Hall–Kier alpha value is -3.58. The maximum atomic E-state index is 13.2. The minimum atomic E-state index is -1.17. The van der Waals surface area contributed by atoms with Crippen LogP contribution in [0.4, 0.5) is 4.39 Å². The lowest BCUT2D eigenvalue weighted by atomic mass is 9.90. The second-order valence-corrected chi connectivity index (χ2v) is 8.16. The number of rotatable bonds is 6. The van der Waals surface area contributed by atoms with Crippen LogP contribution in [0.25, 0.3) is 11.1 Å². The summed E-state index contributed by atoms with van der Waals surface area (Å²) in [6.07, 6.45) is 3.89. The van der Waals surface area contributed by atoms with Gasteiger partial charge in [0.2, 0.25) is 5.91 Å². The Labute approximate surface area is 192 Å². The average Bonchev–Trinajstić information content (AvgIpc) is 2.85. The third-order valence-electron chi connectivity index (χ3n) is 5.88. The maximum absolute atomic E-state index is 13.2. The number of benzene rings is 2. The van der Waals surface area contributed by atoms with Gasteiger partial charge >= 0.3 is 0 Å². The fourth-order valence-electron chi connectivity index (χ4n) is 4.13. The number of aromatic nitrogens is 1. The van der Waals surface area contributed by atoms with Gasteiger partial charge in [0.25, 0.3) is 5.91 Å². The minimum absolute atomic E-state index is 0.0637. The molecule has 0 aliphatic carbocycles. The van der Waals surface area contributed by atoms with E-state index in [0.717, 1.165) is 22.3 Å². The SMILES string of the molecule is CNC(=O)[C@@]1(Cc2ccc(-c3ccc(F)cc3)cc2)CN(C(=O)Cc2cccnc2)CCO1. The number of hydrogen-bond acceptors (Lipinski definition) is 4. The van der Waals surface area contributed by atoms with Gasteiger partial charge < -0.3 is 15.0 Å². The molecule has 170 valence electrons. The Bertz CT molecular complexity index is 1100. The zero-order chi connectivity index (χ0) is 23.3. The van der Waals surface area contributed by atoms with Crippen molar-refractivity contribution in [1.82, 2.24) is 15.2 Å². The number of likely N-dealkylation sites (N-methyl/N-ethyl adjacent to an activating group) is 1. The van der Waals surface area contributed by atoms with Gasteiger partial charge in [-0.25, -0.2) is 4.39 Å². The van der Waals surface area contributed by atoms with Crippen molar-refractivity contribution in [2.75, 3.05) is 26.7 Å². The highest BCUT2D eigenvalue weighted by atomic mass is 19.1. The molecule has 1 N–H and O–H groups in total. The number of morpholine rings is 1. The first-order chi connectivity index (χ1) is 16.0. The third-order valence-corrected chi connectivity index (χ3v) is 5.88. The van der Waals surface area contributed by atoms with E-state index >= 15 is 0 Å². The quantitative estimate of drug-likeness (QED) is 0.631. The summed E-state index contributed by atoms with van der Waals surface area (Å²) in [4.78, 5) is 31.6. The van der Waals surface area contributed by atoms with Gasteiger partial charge in [-0.3, -0.25) is 14.6 Å². The van der Waals surface area contributed by atoms with Gasteiger partial charge in [-0.15, -0.1) is 0 Å². The molecule has 2 amide bonds. The van der Waals surface area contributed by atoms with Gasteiger partial charge in [-0.05, 0) is 40.5 Å². The summed E-state index contributed by atoms with van der Waals surface area (Å²) >= 11 is 0. The lowest BCUT2D eigenvalue weighted by molar-refractivity contribution is -0.165. The second-order valence-electron chi connectivity index (χ2n) is 8.16. The van der Waals surface area contributed by atoms with Crippen molar-refractivity contribution in [3.8, 4) is 11.1 Å². The fourth-order valence-corrected chi connectivity index (χ4v) is 4.13. The topological polar surface area (TPSA) is 71.5 Å². The first kappa shape index (κ1) is 22.6. The van der Waals surface area contributed by atoms with Gasteiger partial charge in [-0.1, -0.05) is 42.5 Å². The van der Waals surface area contributed by atoms with E-state index in [1.165, 1.54) is 12.1 Å². The predicted molar refractivity (Wildman–Crippen MR) is 123 cm³/mol. The van der Waals surface area contributed by atoms with Gasteiger partial charge in [-0.2, -0.15) is 0 Å². The largest absolute Gasteiger partial charge is 0.361 e. The Balaban J connectivity index is 1.51. The van der Waals surface area contributed by atoms with Crippen LogP contribution in [-0.2, 0) is 27.2 Å². The predicted octanol–water partition coefficient (Wildman–Crippen LogP) is 3.02. The number of nitrogens with zero attached hydrogens (tertiary/aromatic N) is 2. The molecule has 7 heteroatoms. The molecule has 1 aliphatic rings. The standard InChI is InChI=1S/C26H26FN3O3/c1-28-25(32)26(16-19-4-6-21(7-5-19)22-8-10-23(27)11-9-22)18-30(13-14-33-26)24(31)15-20-3-2-12-29-17-20/h2-12,17H,13-16,18H2,1H3,(H,28,32)/t26-/m1/s1. The van der Waals surface area contributed by atoms with Gasteiger partial charge in [0.1, 0.15) is 5.82 Å². The van der Waals surface area contributed by atoms with Crippen LogP contribution < -0.4 is 5.32 Å². The number of carbonyl (C=O) groups excluding carboxylic acids is 2. The Morgan fingerprint density at radius 1 is 1.06 bits per heavy atom. The minimum Gasteiger partial charge on any atom is -0.361 e. The smallest absolute Gasteiger partial charge is 0.254 e. The van der Waals surface area contributed by atoms with Crippen LogP contribution in [0.1, 0.15) is 11.1 Å². The zero-order valence-corrected chi connectivity index (χ0v) is 18.5. The van der Waals surface area contributed by atoms with E-state index in [-0.39, 0.29) is 37.2 Å². The van der Waals surface area contributed by atoms with Crippen molar-refractivity contribution in [2.45, 2.75) is 18.4 Å². The lowest BCUT2D eigenvalue weighted by Crippen LogP contribution is -2.61. The van der Waals surface area contributed by atoms with E-state index in [1.807, 2.05) is 30.3 Å². The van der Waals surface area contributed by atoms with Crippen LogP contribution in [0.15, 0.2) is 73.1 Å². The normalized spacial score (nSPS) is 18.1. The number of amides is 2. The van der Waals surface area contributed by atoms with Crippen molar-refractivity contribution in [3.05, 3.63) is 90.0 Å². The zero-order valence-electron chi connectivity index (χ0n) is 18.5. The molecule has 0 bridgehead atoms. The summed E-state index contributed by atoms with van der Waals surface area (Å²) in [5, 5.41) is 2.70. The molecule has 4 rings (SSSR count). The van der Waals surface area contributed by atoms with Crippen LogP contribution in [0, 0.1) is 5.82 Å². The molecule has 0 unspecified atom stereocenters. The van der Waals surface area contributed by atoms with E-state index in [2.05, 4.69) is 10.3 Å². The Morgan fingerprint density at radius 3 is 2.39 bits per heavy atom. The van der Waals surface area contributed by atoms with E-state index in [4.69, 9.17) is 4.74 Å². The van der Waals surface area contributed by atoms with Gasteiger partial charge in [0.15, 0.2) is 5.60 Å². The highest BCUT2D eigenvalue weighted by Crippen LogP contribution is 2.27. The van der Waals surface area contributed by atoms with Crippen molar-refractivity contribution >= 4 is 11.8 Å². The first-order valence-electron chi connectivity index (χ1n) is 10.9. The number of hydrogen-bond donors (Lipinski definition) is 1. The molecule has 0 saturated carbocycles.